The zero-order chi connectivity index (χ0) is 38.2. The highest BCUT2D eigenvalue weighted by atomic mass is 19.2. The first kappa shape index (κ1) is 38.5. The summed E-state index contributed by atoms with van der Waals surface area (Å²) in [4.78, 5) is 62.6. The van der Waals surface area contributed by atoms with Crippen molar-refractivity contribution in [3.8, 4) is 17.0 Å². The molecule has 3 heterocycles. The standard InChI is InChI=1S/C36H43F2N9O6/c1-21-19-22(43-32-33-42-20-27(47(33)14-13-41-32)24-8-10-28(53-2)31(38)30(24)37)6-7-23(21)35(50)46-17-15-45(16-18-46)29(48)11-9-26(36(51)52)44-34(49)25(40)5-3-4-12-39/h6-8,10,13-14,19-20,25-26H,3-5,9,11-12,15-18,39-40H2,1-2H3,(H,41,43)(H,44,49)(H,51,52)/t25-,26-/m0/s1. The lowest BCUT2D eigenvalue weighted by Crippen LogP contribution is -2.51. The lowest BCUT2D eigenvalue weighted by Gasteiger charge is -2.35. The van der Waals surface area contributed by atoms with Crippen LogP contribution in [0.15, 0.2) is 48.9 Å². The molecule has 2 atom stereocenters. The van der Waals surface area contributed by atoms with E-state index < -0.39 is 35.6 Å². The average molecular weight is 736 g/mol. The number of anilines is 2. The van der Waals surface area contributed by atoms with Crippen molar-refractivity contribution >= 4 is 40.8 Å². The number of unbranched alkanes of at least 4 members (excludes halogenated alkanes) is 1. The number of carbonyl (C=O) groups is 4. The Balaban J connectivity index is 1.16. The van der Waals surface area contributed by atoms with Gasteiger partial charge in [-0.2, -0.15) is 4.39 Å². The Labute approximate surface area is 304 Å². The maximum absolute atomic E-state index is 14.9. The van der Waals surface area contributed by atoms with Gasteiger partial charge in [0.25, 0.3) is 5.91 Å². The van der Waals surface area contributed by atoms with Crippen molar-refractivity contribution in [2.24, 2.45) is 11.5 Å². The highest BCUT2D eigenvalue weighted by Crippen LogP contribution is 2.32. The number of benzene rings is 2. The number of ether oxygens (including phenoxy) is 1. The molecule has 0 bridgehead atoms. The summed E-state index contributed by atoms with van der Waals surface area (Å²) in [5.41, 5.74) is 13.8. The molecule has 4 aromatic rings. The predicted octanol–water partition coefficient (Wildman–Crippen LogP) is 2.83. The van der Waals surface area contributed by atoms with Gasteiger partial charge in [0.05, 0.1) is 25.0 Å². The van der Waals surface area contributed by atoms with E-state index >= 15 is 0 Å². The molecule has 0 unspecified atom stereocenters. The first-order valence-electron chi connectivity index (χ1n) is 17.2. The molecular formula is C36H43F2N9O6. The molecule has 0 radical (unpaired) electrons. The Hall–Kier alpha value is -5.68. The molecule has 53 heavy (non-hydrogen) atoms. The van der Waals surface area contributed by atoms with Crippen LogP contribution >= 0.6 is 0 Å². The van der Waals surface area contributed by atoms with E-state index in [1.165, 1.54) is 31.6 Å². The van der Waals surface area contributed by atoms with Crippen molar-refractivity contribution in [3.63, 3.8) is 0 Å². The summed E-state index contributed by atoms with van der Waals surface area (Å²) in [5, 5.41) is 15.2. The van der Waals surface area contributed by atoms with Crippen molar-refractivity contribution in [1.29, 1.82) is 0 Å². The number of nitrogens with two attached hydrogens (primary N) is 2. The maximum atomic E-state index is 14.9. The summed E-state index contributed by atoms with van der Waals surface area (Å²) in [6.07, 6.45) is 6.03. The number of imidazole rings is 1. The third kappa shape index (κ3) is 8.86. The van der Waals surface area contributed by atoms with Gasteiger partial charge in [0.15, 0.2) is 23.0 Å². The average Bonchev–Trinajstić information content (AvgIpc) is 3.59. The number of halogens is 2. The van der Waals surface area contributed by atoms with Gasteiger partial charge in [0.1, 0.15) is 6.04 Å². The first-order chi connectivity index (χ1) is 25.4. The SMILES string of the molecule is COc1ccc(-c2cnc3c(Nc4ccc(C(=O)N5CCN(C(=O)CC[C@H](NC(=O)[C@@H](N)CCCCN)C(=O)O)CC5)c(C)c4)nccn23)c(F)c1F. The van der Waals surface area contributed by atoms with Gasteiger partial charge >= 0.3 is 5.97 Å². The van der Waals surface area contributed by atoms with Gasteiger partial charge in [0, 0.05) is 61.8 Å². The zero-order valence-corrected chi connectivity index (χ0v) is 29.5. The summed E-state index contributed by atoms with van der Waals surface area (Å²) >= 11 is 0. The molecule has 15 nitrogen and oxygen atoms in total. The molecule has 282 valence electrons. The number of methoxy groups -OCH3 is 1. The Kier molecular flexibility index (Phi) is 12.5. The number of hydrogen-bond acceptors (Lipinski definition) is 10. The number of carboxylic acids is 1. The molecule has 7 N–H and O–H groups in total. The number of hydrogen-bond donors (Lipinski definition) is 5. The van der Waals surface area contributed by atoms with E-state index in [9.17, 15) is 33.1 Å². The summed E-state index contributed by atoms with van der Waals surface area (Å²) in [7, 11) is 1.26. The van der Waals surface area contributed by atoms with Crippen LogP contribution in [0.4, 0.5) is 20.3 Å². The van der Waals surface area contributed by atoms with Crippen molar-refractivity contribution in [2.75, 3.05) is 45.2 Å². The lowest BCUT2D eigenvalue weighted by atomic mass is 10.1. The largest absolute Gasteiger partial charge is 0.494 e. The zero-order valence-electron chi connectivity index (χ0n) is 29.5. The molecule has 2 aromatic carbocycles. The van der Waals surface area contributed by atoms with Crippen LogP contribution < -0.4 is 26.8 Å². The monoisotopic (exact) mass is 735 g/mol. The van der Waals surface area contributed by atoms with Gasteiger partial charge in [-0.3, -0.25) is 18.8 Å². The second-order valence-corrected chi connectivity index (χ2v) is 12.7. The topological polar surface area (TPSA) is 211 Å². The fraction of sp³-hybridized carbons (Fsp3) is 0.389. The lowest BCUT2D eigenvalue weighted by molar-refractivity contribution is -0.142. The van der Waals surface area contributed by atoms with Gasteiger partial charge in [0.2, 0.25) is 17.6 Å². The molecule has 5 rings (SSSR count). The molecule has 0 aliphatic carbocycles. The molecule has 1 saturated heterocycles. The fourth-order valence-electron chi connectivity index (χ4n) is 6.14. The molecule has 1 fully saturated rings. The fourth-order valence-corrected chi connectivity index (χ4v) is 6.14. The van der Waals surface area contributed by atoms with Crippen molar-refractivity contribution in [2.45, 2.75) is 51.1 Å². The van der Waals surface area contributed by atoms with Gasteiger partial charge in [-0.15, -0.1) is 0 Å². The number of nitrogens with one attached hydrogen (secondary N) is 2. The third-order valence-corrected chi connectivity index (χ3v) is 9.18. The number of piperazine rings is 1. The van der Waals surface area contributed by atoms with E-state index in [0.717, 1.165) is 0 Å². The quantitative estimate of drug-likeness (QED) is 0.112. The van der Waals surface area contributed by atoms with Crippen molar-refractivity contribution in [3.05, 3.63) is 71.7 Å². The van der Waals surface area contributed by atoms with E-state index in [1.807, 2.05) is 0 Å². The number of carbonyl (C=O) groups excluding carboxylic acids is 3. The molecule has 0 spiro atoms. The number of fused-ring (bicyclic) bond motifs is 1. The van der Waals surface area contributed by atoms with Crippen LogP contribution in [0.3, 0.4) is 0 Å². The van der Waals surface area contributed by atoms with Crippen LogP contribution in [0.1, 0.15) is 48.0 Å². The molecule has 1 aliphatic rings. The van der Waals surface area contributed by atoms with Crippen LogP contribution in [-0.4, -0.2) is 105 Å². The molecule has 2 aromatic heterocycles. The summed E-state index contributed by atoms with van der Waals surface area (Å²) in [6, 6.07) is 5.82. The van der Waals surface area contributed by atoms with Crippen LogP contribution in [0.5, 0.6) is 5.75 Å². The van der Waals surface area contributed by atoms with Crippen molar-refractivity contribution in [1.82, 2.24) is 29.5 Å². The minimum absolute atomic E-state index is 0.000114. The van der Waals surface area contributed by atoms with E-state index in [-0.39, 0.29) is 62.1 Å². The number of aliphatic carboxylic acids is 1. The minimum Gasteiger partial charge on any atom is -0.494 e. The highest BCUT2D eigenvalue weighted by molar-refractivity contribution is 5.96. The van der Waals surface area contributed by atoms with Gasteiger partial charge in [-0.05, 0) is 68.6 Å². The second-order valence-electron chi connectivity index (χ2n) is 12.7. The van der Waals surface area contributed by atoms with Crippen LogP contribution in [0.25, 0.3) is 16.9 Å². The number of aryl methyl sites for hydroxylation is 1. The normalized spacial score (nSPS) is 14.2. The molecule has 0 saturated carbocycles. The number of carboxylic acid groups (broad SMARTS) is 1. The number of nitrogens with zero attached hydrogens (tertiary/aromatic N) is 5. The third-order valence-electron chi connectivity index (χ3n) is 9.18. The van der Waals surface area contributed by atoms with Crippen LogP contribution in [0, 0.1) is 18.6 Å². The molecule has 1 aliphatic heterocycles. The molecule has 17 heteroatoms. The van der Waals surface area contributed by atoms with Gasteiger partial charge in [-0.1, -0.05) is 6.42 Å². The number of aromatic nitrogens is 3. The maximum Gasteiger partial charge on any atom is 0.326 e. The van der Waals surface area contributed by atoms with E-state index in [1.54, 1.807) is 45.5 Å². The second kappa shape index (κ2) is 17.2. The van der Waals surface area contributed by atoms with Gasteiger partial charge in [-0.25, -0.2) is 19.2 Å². The van der Waals surface area contributed by atoms with E-state index in [2.05, 4.69) is 20.6 Å². The Morgan fingerprint density at radius 1 is 1.00 bits per heavy atom. The van der Waals surface area contributed by atoms with Crippen molar-refractivity contribution < 1.29 is 37.8 Å². The Bertz CT molecular complexity index is 1980. The first-order valence-corrected chi connectivity index (χ1v) is 17.2. The van der Waals surface area contributed by atoms with Gasteiger partial charge < -0.3 is 41.7 Å². The number of rotatable bonds is 15. The highest BCUT2D eigenvalue weighted by Gasteiger charge is 2.28. The Morgan fingerprint density at radius 3 is 2.42 bits per heavy atom. The summed E-state index contributed by atoms with van der Waals surface area (Å²) in [6.45, 7) is 3.38. The summed E-state index contributed by atoms with van der Waals surface area (Å²) < 4.78 is 35.8. The van der Waals surface area contributed by atoms with Crippen LogP contribution in [-0.2, 0) is 14.4 Å². The van der Waals surface area contributed by atoms with E-state index in [0.29, 0.717) is 59.8 Å². The number of amides is 3. The molecular weight excluding hydrogens is 692 g/mol. The summed E-state index contributed by atoms with van der Waals surface area (Å²) in [5.74, 6) is -4.34. The Morgan fingerprint density at radius 2 is 1.74 bits per heavy atom. The minimum atomic E-state index is -1.26. The molecule has 3 amide bonds. The van der Waals surface area contributed by atoms with E-state index in [4.69, 9.17) is 16.2 Å². The smallest absolute Gasteiger partial charge is 0.326 e. The van der Waals surface area contributed by atoms with Crippen LogP contribution in [0.2, 0.25) is 0 Å². The predicted molar refractivity (Wildman–Crippen MR) is 192 cm³/mol.